The van der Waals surface area contributed by atoms with Crippen molar-refractivity contribution >= 4 is 17.7 Å². The van der Waals surface area contributed by atoms with Crippen LogP contribution < -0.4 is 10.1 Å². The maximum atomic E-state index is 13.9. The smallest absolute Gasteiger partial charge is 0.408 e. The lowest BCUT2D eigenvalue weighted by atomic mass is 9.92. The van der Waals surface area contributed by atoms with E-state index in [1.165, 1.54) is 4.90 Å². The van der Waals surface area contributed by atoms with Crippen LogP contribution in [0.5, 0.6) is 5.75 Å². The lowest BCUT2D eigenvalue weighted by molar-refractivity contribution is -0.122. The molecule has 39 heavy (non-hydrogen) atoms. The maximum absolute atomic E-state index is 13.9. The first-order chi connectivity index (χ1) is 18.4. The molecule has 0 aliphatic carbocycles. The number of anilines is 1. The molecule has 0 radical (unpaired) electrons. The largest absolute Gasteiger partial charge is 0.489 e. The van der Waals surface area contributed by atoms with Crippen LogP contribution in [0, 0.1) is 0 Å². The van der Waals surface area contributed by atoms with Gasteiger partial charge in [0.2, 0.25) is 5.91 Å². The van der Waals surface area contributed by atoms with Crippen molar-refractivity contribution in [1.29, 1.82) is 0 Å². The third-order valence-electron chi connectivity index (χ3n) is 6.76. The molecular weight excluding hydrogens is 488 g/mol. The van der Waals surface area contributed by atoms with Crippen molar-refractivity contribution in [3.05, 3.63) is 95.1 Å². The molecule has 3 rings (SSSR count). The van der Waals surface area contributed by atoms with Gasteiger partial charge in [0, 0.05) is 17.6 Å². The van der Waals surface area contributed by atoms with E-state index in [2.05, 4.69) is 33.0 Å². The van der Waals surface area contributed by atoms with Crippen LogP contribution in [0.2, 0.25) is 0 Å². The molecule has 0 aliphatic heterocycles. The second-order valence-electron chi connectivity index (χ2n) is 11.6. The van der Waals surface area contributed by atoms with Gasteiger partial charge < -0.3 is 15.2 Å². The molecule has 2 N–H and O–H groups in total. The minimum absolute atomic E-state index is 0.194. The Balaban J connectivity index is 1.90. The van der Waals surface area contributed by atoms with Gasteiger partial charge in [0.05, 0.1) is 0 Å². The van der Waals surface area contributed by atoms with Gasteiger partial charge >= 0.3 is 6.09 Å². The molecule has 3 aromatic rings. The zero-order valence-corrected chi connectivity index (χ0v) is 24.2. The van der Waals surface area contributed by atoms with E-state index in [1.54, 1.807) is 0 Å². The van der Waals surface area contributed by atoms with Gasteiger partial charge in [-0.05, 0) is 67.0 Å². The van der Waals surface area contributed by atoms with Gasteiger partial charge in [-0.25, -0.2) is 4.79 Å². The second-order valence-corrected chi connectivity index (χ2v) is 11.6. The summed E-state index contributed by atoms with van der Waals surface area (Å²) in [6.07, 6.45) is -0.901. The number of amides is 2. The molecule has 1 atom stereocenters. The predicted octanol–water partition coefficient (Wildman–Crippen LogP) is 7.84. The Hall–Kier alpha value is -3.80. The summed E-state index contributed by atoms with van der Waals surface area (Å²) in [4.78, 5) is 27.7. The van der Waals surface area contributed by atoms with Crippen LogP contribution in [-0.4, -0.2) is 33.6 Å². The van der Waals surface area contributed by atoms with E-state index in [9.17, 15) is 14.7 Å². The quantitative estimate of drug-likeness (QED) is 0.280. The number of benzene rings is 3. The molecule has 3 aromatic carbocycles. The fourth-order valence-electron chi connectivity index (χ4n) is 4.78. The third-order valence-corrected chi connectivity index (χ3v) is 6.76. The topological polar surface area (TPSA) is 78.9 Å². The average molecular weight is 531 g/mol. The molecule has 6 nitrogen and oxygen atoms in total. The molecule has 0 saturated carbocycles. The molecule has 2 amide bonds. The number of para-hydroxylation sites is 1. The van der Waals surface area contributed by atoms with Crippen LogP contribution in [-0.2, 0) is 17.8 Å². The fraction of sp³-hybridized carbons (Fsp3) is 0.394. The Morgan fingerprint density at radius 2 is 1.38 bits per heavy atom. The lowest BCUT2D eigenvalue weighted by Gasteiger charge is -2.39. The van der Waals surface area contributed by atoms with E-state index >= 15 is 0 Å². The molecule has 0 aromatic heterocycles. The van der Waals surface area contributed by atoms with Crippen LogP contribution >= 0.6 is 0 Å². The second kappa shape index (κ2) is 12.8. The zero-order valence-electron chi connectivity index (χ0n) is 24.2. The summed E-state index contributed by atoms with van der Waals surface area (Å²) in [5, 5.41) is 13.4. The first kappa shape index (κ1) is 29.8. The van der Waals surface area contributed by atoms with Crippen molar-refractivity contribution in [2.45, 2.75) is 84.9 Å². The molecule has 208 valence electrons. The number of rotatable bonds is 10. The van der Waals surface area contributed by atoms with Gasteiger partial charge in [0.1, 0.15) is 18.4 Å². The normalized spacial score (nSPS) is 12.3. The molecule has 0 spiro atoms. The number of carbonyl (C=O) groups excluding carboxylic acids is 1. The maximum Gasteiger partial charge on any atom is 0.408 e. The number of carboxylic acid groups (broad SMARTS) is 1. The monoisotopic (exact) mass is 530 g/mol. The van der Waals surface area contributed by atoms with Gasteiger partial charge in [0.25, 0.3) is 0 Å². The summed E-state index contributed by atoms with van der Waals surface area (Å²) in [6.45, 7) is 14.2. The molecule has 0 saturated heterocycles. The van der Waals surface area contributed by atoms with Crippen LogP contribution in [0.4, 0.5) is 10.5 Å². The predicted molar refractivity (Wildman–Crippen MR) is 158 cm³/mol. The number of carbonyl (C=O) groups is 2. The highest BCUT2D eigenvalue weighted by molar-refractivity contribution is 5.98. The summed E-state index contributed by atoms with van der Waals surface area (Å²) < 4.78 is 5.91. The van der Waals surface area contributed by atoms with E-state index in [4.69, 9.17) is 4.74 Å². The van der Waals surface area contributed by atoms with Gasteiger partial charge in [-0.2, -0.15) is 0 Å². The minimum atomic E-state index is -1.13. The molecule has 0 fully saturated rings. The molecule has 0 unspecified atom stereocenters. The van der Waals surface area contributed by atoms with Crippen LogP contribution in [0.1, 0.15) is 82.6 Å². The van der Waals surface area contributed by atoms with Crippen molar-refractivity contribution in [3.63, 3.8) is 0 Å². The SMILES string of the molecule is CC(C)c1cccc(C(C)C)c1NC(=O)[C@H](Cc1ccc(OCc2ccccc2)cc1)N(C(=O)O)C(C)(C)C. The number of ether oxygens (including phenoxy) is 1. The minimum Gasteiger partial charge on any atom is -0.489 e. The lowest BCUT2D eigenvalue weighted by Crippen LogP contribution is -2.56. The van der Waals surface area contributed by atoms with Gasteiger partial charge in [-0.1, -0.05) is 88.4 Å². The molecule has 0 aliphatic rings. The van der Waals surface area contributed by atoms with Gasteiger partial charge in [0.15, 0.2) is 0 Å². The van der Waals surface area contributed by atoms with Crippen molar-refractivity contribution < 1.29 is 19.4 Å². The highest BCUT2D eigenvalue weighted by Gasteiger charge is 2.38. The summed E-state index contributed by atoms with van der Waals surface area (Å²) >= 11 is 0. The highest BCUT2D eigenvalue weighted by Crippen LogP contribution is 2.33. The Morgan fingerprint density at radius 3 is 1.87 bits per heavy atom. The van der Waals surface area contributed by atoms with Crippen molar-refractivity contribution in [1.82, 2.24) is 4.90 Å². The Bertz CT molecular complexity index is 1220. The number of nitrogens with one attached hydrogen (secondary N) is 1. The summed E-state index contributed by atoms with van der Waals surface area (Å²) in [7, 11) is 0. The number of hydrogen-bond acceptors (Lipinski definition) is 3. The van der Waals surface area contributed by atoms with E-state index in [1.807, 2.05) is 93.6 Å². The number of hydrogen-bond donors (Lipinski definition) is 2. The first-order valence-electron chi connectivity index (χ1n) is 13.6. The Morgan fingerprint density at radius 1 is 0.821 bits per heavy atom. The Kier molecular flexibility index (Phi) is 9.79. The summed E-state index contributed by atoms with van der Waals surface area (Å²) in [6, 6.07) is 22.6. The van der Waals surface area contributed by atoms with E-state index in [0.29, 0.717) is 12.4 Å². The molecule has 0 heterocycles. The van der Waals surface area contributed by atoms with Crippen LogP contribution in [0.25, 0.3) is 0 Å². The summed E-state index contributed by atoms with van der Waals surface area (Å²) in [5.41, 5.74) is 3.98. The first-order valence-corrected chi connectivity index (χ1v) is 13.6. The van der Waals surface area contributed by atoms with E-state index in [-0.39, 0.29) is 24.2 Å². The van der Waals surface area contributed by atoms with Crippen LogP contribution in [0.3, 0.4) is 0 Å². The Labute approximate surface area is 233 Å². The van der Waals surface area contributed by atoms with Crippen molar-refractivity contribution in [3.8, 4) is 5.75 Å². The van der Waals surface area contributed by atoms with Crippen LogP contribution in [0.15, 0.2) is 72.8 Å². The standard InChI is InChI=1S/C33H42N2O4/c1-22(2)27-14-11-15-28(23(3)4)30(27)34-31(36)29(35(32(37)38)33(5,6)7)20-24-16-18-26(19-17-24)39-21-25-12-9-8-10-13-25/h8-19,22-23,29H,20-21H2,1-7H3,(H,34,36)(H,37,38)/t29-/m0/s1. The summed E-state index contributed by atoms with van der Waals surface area (Å²) in [5.74, 6) is 0.756. The fourth-order valence-corrected chi connectivity index (χ4v) is 4.78. The van der Waals surface area contributed by atoms with Gasteiger partial charge in [-0.3, -0.25) is 9.69 Å². The van der Waals surface area contributed by atoms with Gasteiger partial charge in [-0.15, -0.1) is 0 Å². The van der Waals surface area contributed by atoms with E-state index < -0.39 is 17.7 Å². The molecule has 0 bridgehead atoms. The molecular formula is C33H42N2O4. The highest BCUT2D eigenvalue weighted by atomic mass is 16.5. The molecule has 6 heteroatoms. The zero-order chi connectivity index (χ0) is 28.7. The van der Waals surface area contributed by atoms with E-state index in [0.717, 1.165) is 27.9 Å². The van der Waals surface area contributed by atoms with Crippen molar-refractivity contribution in [2.75, 3.05) is 5.32 Å². The average Bonchev–Trinajstić information content (AvgIpc) is 2.87. The van der Waals surface area contributed by atoms with Crippen molar-refractivity contribution in [2.24, 2.45) is 0 Å². The number of nitrogens with zero attached hydrogens (tertiary/aromatic N) is 1. The third kappa shape index (κ3) is 7.85.